The maximum absolute atomic E-state index is 11.9. The van der Waals surface area contributed by atoms with Crippen molar-refractivity contribution in [3.05, 3.63) is 35.9 Å². The molecule has 0 saturated heterocycles. The van der Waals surface area contributed by atoms with Crippen molar-refractivity contribution < 1.29 is 4.79 Å². The Bertz CT molecular complexity index is 427. The average Bonchev–Trinajstić information content (AvgIpc) is 2.45. The Hall–Kier alpha value is -1.68. The van der Waals surface area contributed by atoms with Crippen molar-refractivity contribution in [2.45, 2.75) is 12.5 Å². The molecular formula is C11H13N3O. The SMILES string of the molecule is CC1=NN(C)C(=O)C1(N)c1ccccc1. The van der Waals surface area contributed by atoms with E-state index in [-0.39, 0.29) is 5.91 Å². The van der Waals surface area contributed by atoms with Crippen molar-refractivity contribution in [2.75, 3.05) is 7.05 Å². The molecule has 78 valence electrons. The van der Waals surface area contributed by atoms with Crippen LogP contribution in [0.1, 0.15) is 12.5 Å². The Balaban J connectivity index is 2.53. The van der Waals surface area contributed by atoms with Crippen LogP contribution in [0.15, 0.2) is 35.4 Å². The fourth-order valence-electron chi connectivity index (χ4n) is 1.79. The second-order valence-corrected chi connectivity index (χ2v) is 3.69. The number of carbonyl (C=O) groups excluding carboxylic acids is 1. The standard InChI is InChI=1S/C11H13N3O/c1-8-11(12,10(15)14(2)13-8)9-6-4-3-5-7-9/h3-7H,12H2,1-2H3. The molecule has 1 aliphatic heterocycles. The molecule has 0 aliphatic carbocycles. The zero-order chi connectivity index (χ0) is 11.1. The van der Waals surface area contributed by atoms with Crippen molar-refractivity contribution in [3.63, 3.8) is 0 Å². The smallest absolute Gasteiger partial charge is 0.273 e. The van der Waals surface area contributed by atoms with Gasteiger partial charge in [0.25, 0.3) is 5.91 Å². The maximum atomic E-state index is 11.9. The van der Waals surface area contributed by atoms with Gasteiger partial charge >= 0.3 is 0 Å². The Kier molecular flexibility index (Phi) is 2.08. The van der Waals surface area contributed by atoms with Crippen LogP contribution in [-0.2, 0) is 10.3 Å². The predicted octanol–water partition coefficient (Wildman–Crippen LogP) is 0.688. The summed E-state index contributed by atoms with van der Waals surface area (Å²) in [5.41, 5.74) is 6.45. The highest BCUT2D eigenvalue weighted by Gasteiger charge is 2.45. The molecule has 1 atom stereocenters. The Morgan fingerprint density at radius 3 is 2.40 bits per heavy atom. The zero-order valence-corrected chi connectivity index (χ0v) is 8.77. The minimum Gasteiger partial charge on any atom is -0.309 e. The predicted molar refractivity (Wildman–Crippen MR) is 58.2 cm³/mol. The van der Waals surface area contributed by atoms with Crippen LogP contribution in [0.25, 0.3) is 0 Å². The van der Waals surface area contributed by atoms with Crippen molar-refractivity contribution >= 4 is 11.6 Å². The molecule has 2 N–H and O–H groups in total. The third-order valence-electron chi connectivity index (χ3n) is 2.73. The Labute approximate surface area is 88.4 Å². The van der Waals surface area contributed by atoms with E-state index in [1.54, 1.807) is 14.0 Å². The molecule has 4 nitrogen and oxygen atoms in total. The summed E-state index contributed by atoms with van der Waals surface area (Å²) in [6.07, 6.45) is 0. The van der Waals surface area contributed by atoms with Crippen molar-refractivity contribution in [1.82, 2.24) is 5.01 Å². The minimum absolute atomic E-state index is 0.189. The molecule has 0 spiro atoms. The van der Waals surface area contributed by atoms with Crippen molar-refractivity contribution in [3.8, 4) is 0 Å². The quantitative estimate of drug-likeness (QED) is 0.730. The van der Waals surface area contributed by atoms with E-state index in [4.69, 9.17) is 5.73 Å². The molecule has 1 unspecified atom stereocenters. The van der Waals surface area contributed by atoms with Crippen LogP contribution in [0.4, 0.5) is 0 Å². The van der Waals surface area contributed by atoms with E-state index in [1.807, 2.05) is 30.3 Å². The minimum atomic E-state index is -1.09. The molecule has 4 heteroatoms. The highest BCUT2D eigenvalue weighted by atomic mass is 16.2. The summed E-state index contributed by atoms with van der Waals surface area (Å²) < 4.78 is 0. The fraction of sp³-hybridized carbons (Fsp3) is 0.273. The second kappa shape index (κ2) is 3.17. The average molecular weight is 203 g/mol. The summed E-state index contributed by atoms with van der Waals surface area (Å²) in [5, 5.41) is 5.37. The van der Waals surface area contributed by atoms with Gasteiger partial charge in [-0.05, 0) is 12.5 Å². The van der Waals surface area contributed by atoms with E-state index in [0.717, 1.165) is 5.56 Å². The summed E-state index contributed by atoms with van der Waals surface area (Å²) in [6.45, 7) is 1.77. The first-order valence-electron chi connectivity index (χ1n) is 4.75. The van der Waals surface area contributed by atoms with Gasteiger partial charge in [-0.3, -0.25) is 4.79 Å². The highest BCUT2D eigenvalue weighted by molar-refractivity contribution is 6.15. The molecule has 1 aliphatic rings. The van der Waals surface area contributed by atoms with Crippen LogP contribution in [0.2, 0.25) is 0 Å². The van der Waals surface area contributed by atoms with E-state index in [2.05, 4.69) is 5.10 Å². The lowest BCUT2D eigenvalue weighted by atomic mass is 9.87. The van der Waals surface area contributed by atoms with Crippen LogP contribution in [0, 0.1) is 0 Å². The molecule has 0 aromatic heterocycles. The van der Waals surface area contributed by atoms with Gasteiger partial charge in [0.05, 0.1) is 5.71 Å². The lowest BCUT2D eigenvalue weighted by molar-refractivity contribution is -0.131. The van der Waals surface area contributed by atoms with Crippen LogP contribution < -0.4 is 5.73 Å². The highest BCUT2D eigenvalue weighted by Crippen LogP contribution is 2.27. The van der Waals surface area contributed by atoms with Gasteiger partial charge in [-0.2, -0.15) is 5.10 Å². The summed E-state index contributed by atoms with van der Waals surface area (Å²) in [5.74, 6) is -0.189. The molecule has 15 heavy (non-hydrogen) atoms. The molecule has 1 aromatic rings. The van der Waals surface area contributed by atoms with Gasteiger partial charge in [0.1, 0.15) is 0 Å². The fourth-order valence-corrected chi connectivity index (χ4v) is 1.79. The number of amides is 1. The van der Waals surface area contributed by atoms with Gasteiger partial charge in [-0.1, -0.05) is 30.3 Å². The number of hydrogen-bond donors (Lipinski definition) is 1. The third-order valence-corrected chi connectivity index (χ3v) is 2.73. The number of nitrogens with zero attached hydrogens (tertiary/aromatic N) is 2. The third kappa shape index (κ3) is 1.26. The zero-order valence-electron chi connectivity index (χ0n) is 8.77. The molecule has 1 heterocycles. The molecule has 2 rings (SSSR count). The molecule has 0 fully saturated rings. The van der Waals surface area contributed by atoms with Crippen LogP contribution in [0.5, 0.6) is 0 Å². The summed E-state index contributed by atoms with van der Waals surface area (Å²) in [4.78, 5) is 11.9. The van der Waals surface area contributed by atoms with Gasteiger partial charge < -0.3 is 5.73 Å². The molecular weight excluding hydrogens is 190 g/mol. The lowest BCUT2D eigenvalue weighted by Crippen LogP contribution is -2.50. The number of likely N-dealkylation sites (N-methyl/N-ethyl adjacent to an activating group) is 1. The molecule has 0 saturated carbocycles. The van der Waals surface area contributed by atoms with Gasteiger partial charge in [0, 0.05) is 7.05 Å². The van der Waals surface area contributed by atoms with E-state index < -0.39 is 5.54 Å². The Morgan fingerprint density at radius 1 is 1.33 bits per heavy atom. The largest absolute Gasteiger partial charge is 0.309 e. The number of nitrogens with two attached hydrogens (primary N) is 1. The van der Waals surface area contributed by atoms with Crippen LogP contribution in [0.3, 0.4) is 0 Å². The molecule has 1 aromatic carbocycles. The normalized spacial score (nSPS) is 25.7. The maximum Gasteiger partial charge on any atom is 0.273 e. The first-order chi connectivity index (χ1) is 7.06. The van der Waals surface area contributed by atoms with Crippen molar-refractivity contribution in [1.29, 1.82) is 0 Å². The van der Waals surface area contributed by atoms with Gasteiger partial charge in [0.15, 0.2) is 5.54 Å². The number of carbonyl (C=O) groups is 1. The summed E-state index contributed by atoms with van der Waals surface area (Å²) in [7, 11) is 1.61. The van der Waals surface area contributed by atoms with Gasteiger partial charge in [0.2, 0.25) is 0 Å². The number of rotatable bonds is 1. The number of benzene rings is 1. The monoisotopic (exact) mass is 203 g/mol. The number of hydrogen-bond acceptors (Lipinski definition) is 3. The summed E-state index contributed by atoms with van der Waals surface area (Å²) in [6, 6.07) is 9.31. The Morgan fingerprint density at radius 2 is 1.93 bits per heavy atom. The first-order valence-corrected chi connectivity index (χ1v) is 4.75. The van der Waals surface area contributed by atoms with Gasteiger partial charge in [-0.15, -0.1) is 0 Å². The van der Waals surface area contributed by atoms with Crippen molar-refractivity contribution in [2.24, 2.45) is 10.8 Å². The van der Waals surface area contributed by atoms with E-state index in [1.165, 1.54) is 5.01 Å². The molecule has 0 radical (unpaired) electrons. The van der Waals surface area contributed by atoms with E-state index in [9.17, 15) is 4.79 Å². The van der Waals surface area contributed by atoms with E-state index in [0.29, 0.717) is 5.71 Å². The summed E-state index contributed by atoms with van der Waals surface area (Å²) >= 11 is 0. The molecule has 1 amide bonds. The van der Waals surface area contributed by atoms with Gasteiger partial charge in [-0.25, -0.2) is 5.01 Å². The molecule has 0 bridgehead atoms. The first kappa shape index (κ1) is 9.86. The van der Waals surface area contributed by atoms with Crippen LogP contribution in [-0.4, -0.2) is 23.7 Å². The lowest BCUT2D eigenvalue weighted by Gasteiger charge is -2.22. The van der Waals surface area contributed by atoms with Crippen LogP contribution >= 0.6 is 0 Å². The van der Waals surface area contributed by atoms with E-state index >= 15 is 0 Å². The number of hydrazone groups is 1. The topological polar surface area (TPSA) is 58.7 Å². The second-order valence-electron chi connectivity index (χ2n) is 3.69.